The molecule has 5 nitrogen and oxygen atoms in total. The number of benzene rings is 1. The predicted octanol–water partition coefficient (Wildman–Crippen LogP) is 4.45. The summed E-state index contributed by atoms with van der Waals surface area (Å²) in [6.07, 6.45) is 7.05. The molecule has 0 radical (unpaired) electrons. The van der Waals surface area contributed by atoms with Gasteiger partial charge in [-0.15, -0.1) is 24.8 Å². The van der Waals surface area contributed by atoms with Crippen LogP contribution in [-0.2, 0) is 11.2 Å². The van der Waals surface area contributed by atoms with Crippen LogP contribution in [0.5, 0.6) is 0 Å². The Labute approximate surface area is 199 Å². The van der Waals surface area contributed by atoms with Gasteiger partial charge in [0.25, 0.3) is 5.91 Å². The lowest BCUT2D eigenvalue weighted by Gasteiger charge is -2.19. The Hall–Kier alpha value is -1.99. The van der Waals surface area contributed by atoms with Crippen LogP contribution in [0.15, 0.2) is 64.7 Å². The van der Waals surface area contributed by atoms with Crippen molar-refractivity contribution in [2.75, 3.05) is 19.6 Å². The fraction of sp³-hybridized carbons (Fsp3) is 0.304. The standard InChI is InChI=1S/C23H24N4OS.2ClH/c28-23(20-14-19-15-24-21-9-4-10-22(29-20)27(19)21)25-18-11-13-26(16-18)12-5-8-17-6-2-1-3-7-17;;/h1-4,6-7,9-10,14-15,18H,5,8,11-13,16H2,(H,25,28);2*1H/t18-;;/m1../s1. The molecule has 0 aliphatic carbocycles. The van der Waals surface area contributed by atoms with E-state index in [-0.39, 0.29) is 36.8 Å². The van der Waals surface area contributed by atoms with Gasteiger partial charge in [-0.25, -0.2) is 4.98 Å². The number of nitrogens with one attached hydrogen (secondary N) is 1. The molecule has 3 aromatic rings. The molecule has 1 saturated heterocycles. The molecule has 1 aromatic carbocycles. The summed E-state index contributed by atoms with van der Waals surface area (Å²) in [6, 6.07) is 16.9. The first kappa shape index (κ1) is 23.7. The average molecular weight is 477 g/mol. The van der Waals surface area contributed by atoms with E-state index < -0.39 is 0 Å². The zero-order chi connectivity index (χ0) is 19.6. The normalized spacial score (nSPS) is 17.5. The number of thioether (sulfide) groups is 1. The van der Waals surface area contributed by atoms with Gasteiger partial charge in [-0.1, -0.05) is 48.2 Å². The zero-order valence-electron chi connectivity index (χ0n) is 17.1. The largest absolute Gasteiger partial charge is 0.348 e. The summed E-state index contributed by atoms with van der Waals surface area (Å²) < 4.78 is 2.09. The number of carbonyl (C=O) groups is 1. The summed E-state index contributed by atoms with van der Waals surface area (Å²) >= 11 is 1.52. The maximum Gasteiger partial charge on any atom is 0.258 e. The third-order valence-electron chi connectivity index (χ3n) is 5.63. The Morgan fingerprint density at radius 2 is 1.97 bits per heavy atom. The fourth-order valence-electron chi connectivity index (χ4n) is 4.16. The van der Waals surface area contributed by atoms with Crippen molar-refractivity contribution in [1.82, 2.24) is 19.6 Å². The molecule has 0 unspecified atom stereocenters. The maximum atomic E-state index is 12.9. The van der Waals surface area contributed by atoms with E-state index in [2.05, 4.69) is 49.9 Å². The monoisotopic (exact) mass is 476 g/mol. The molecule has 0 bridgehead atoms. The van der Waals surface area contributed by atoms with Gasteiger partial charge in [-0.3, -0.25) is 9.20 Å². The van der Waals surface area contributed by atoms with Crippen LogP contribution < -0.4 is 5.32 Å². The van der Waals surface area contributed by atoms with Crippen molar-refractivity contribution in [1.29, 1.82) is 0 Å². The molecule has 164 valence electrons. The summed E-state index contributed by atoms with van der Waals surface area (Å²) in [5, 5.41) is 4.28. The van der Waals surface area contributed by atoms with E-state index in [1.807, 2.05) is 30.5 Å². The van der Waals surface area contributed by atoms with Gasteiger partial charge < -0.3 is 10.2 Å². The number of imidazole rings is 1. The first-order chi connectivity index (χ1) is 14.3. The molecule has 1 atom stereocenters. The molecule has 0 saturated carbocycles. The van der Waals surface area contributed by atoms with Crippen LogP contribution in [-0.4, -0.2) is 45.9 Å². The van der Waals surface area contributed by atoms with E-state index in [1.165, 1.54) is 17.3 Å². The Morgan fingerprint density at radius 3 is 2.81 bits per heavy atom. The molecule has 1 fully saturated rings. The average Bonchev–Trinajstić information content (AvgIpc) is 3.37. The van der Waals surface area contributed by atoms with Crippen LogP contribution in [0.25, 0.3) is 11.7 Å². The number of pyridine rings is 1. The first-order valence-electron chi connectivity index (χ1n) is 10.2. The minimum Gasteiger partial charge on any atom is -0.348 e. The lowest BCUT2D eigenvalue weighted by atomic mass is 10.1. The Morgan fingerprint density at radius 1 is 1.13 bits per heavy atom. The Bertz CT molecular complexity index is 1070. The van der Waals surface area contributed by atoms with Crippen LogP contribution in [0.3, 0.4) is 0 Å². The molecule has 1 amide bonds. The third-order valence-corrected chi connectivity index (χ3v) is 6.68. The van der Waals surface area contributed by atoms with Crippen LogP contribution >= 0.6 is 36.6 Å². The van der Waals surface area contributed by atoms with Crippen molar-refractivity contribution < 1.29 is 4.79 Å². The van der Waals surface area contributed by atoms with E-state index in [4.69, 9.17) is 0 Å². The first-order valence-corrected chi connectivity index (χ1v) is 11.0. The van der Waals surface area contributed by atoms with Crippen LogP contribution in [0, 0.1) is 0 Å². The van der Waals surface area contributed by atoms with E-state index >= 15 is 0 Å². The van der Waals surface area contributed by atoms with Crippen molar-refractivity contribution in [2.45, 2.75) is 30.3 Å². The topological polar surface area (TPSA) is 49.6 Å². The molecule has 2 aromatic heterocycles. The number of hydrogen-bond acceptors (Lipinski definition) is 4. The number of hydrogen-bond donors (Lipinski definition) is 1. The number of likely N-dealkylation sites (tertiary alicyclic amines) is 1. The third kappa shape index (κ3) is 5.26. The second kappa shape index (κ2) is 10.6. The van der Waals surface area contributed by atoms with Crippen molar-refractivity contribution >= 4 is 54.2 Å². The lowest BCUT2D eigenvalue weighted by molar-refractivity contribution is -0.117. The Kier molecular flexibility index (Phi) is 8.06. The van der Waals surface area contributed by atoms with Gasteiger partial charge in [-0.2, -0.15) is 0 Å². The van der Waals surface area contributed by atoms with Crippen LogP contribution in [0.1, 0.15) is 24.1 Å². The highest BCUT2D eigenvalue weighted by molar-refractivity contribution is 8.04. The molecule has 31 heavy (non-hydrogen) atoms. The highest BCUT2D eigenvalue weighted by atomic mass is 35.5. The van der Waals surface area contributed by atoms with Crippen molar-refractivity contribution in [3.63, 3.8) is 0 Å². The number of nitrogens with zero attached hydrogens (tertiary/aromatic N) is 3. The molecule has 4 heterocycles. The van der Waals surface area contributed by atoms with Gasteiger partial charge in [0, 0.05) is 19.1 Å². The summed E-state index contributed by atoms with van der Waals surface area (Å²) in [5.41, 5.74) is 3.28. The molecule has 8 heteroatoms. The van der Waals surface area contributed by atoms with E-state index in [0.29, 0.717) is 0 Å². The van der Waals surface area contributed by atoms with Crippen molar-refractivity contribution in [2.24, 2.45) is 0 Å². The van der Waals surface area contributed by atoms with E-state index in [0.717, 1.165) is 60.2 Å². The second-order valence-corrected chi connectivity index (χ2v) is 8.76. The molecule has 2 aliphatic rings. The van der Waals surface area contributed by atoms with Crippen LogP contribution in [0.4, 0.5) is 0 Å². The molecule has 2 aliphatic heterocycles. The number of carbonyl (C=O) groups excluding carboxylic acids is 1. The highest BCUT2D eigenvalue weighted by Crippen LogP contribution is 2.34. The van der Waals surface area contributed by atoms with Gasteiger partial charge in [0.15, 0.2) is 0 Å². The molecule has 1 N–H and O–H groups in total. The number of halogens is 2. The number of aromatic nitrogens is 2. The van der Waals surface area contributed by atoms with Gasteiger partial charge in [-0.05, 0) is 49.6 Å². The quantitative estimate of drug-likeness (QED) is 0.570. The second-order valence-electron chi connectivity index (χ2n) is 7.70. The van der Waals surface area contributed by atoms with E-state index in [9.17, 15) is 4.79 Å². The fourth-order valence-corrected chi connectivity index (χ4v) is 5.15. The zero-order valence-corrected chi connectivity index (χ0v) is 19.5. The summed E-state index contributed by atoms with van der Waals surface area (Å²) in [7, 11) is 0. The smallest absolute Gasteiger partial charge is 0.258 e. The number of amides is 1. The molecular formula is C23H26Cl2N4OS. The Balaban J connectivity index is 0.00000136. The molecule has 0 spiro atoms. The van der Waals surface area contributed by atoms with E-state index in [1.54, 1.807) is 0 Å². The maximum absolute atomic E-state index is 12.9. The number of aryl methyl sites for hydroxylation is 1. The van der Waals surface area contributed by atoms with Gasteiger partial charge >= 0.3 is 0 Å². The van der Waals surface area contributed by atoms with Gasteiger partial charge in [0.2, 0.25) is 0 Å². The minimum atomic E-state index is 0. The summed E-state index contributed by atoms with van der Waals surface area (Å²) in [5.74, 6) is 0.0237. The van der Waals surface area contributed by atoms with Crippen molar-refractivity contribution in [3.05, 3.63) is 70.9 Å². The summed E-state index contributed by atoms with van der Waals surface area (Å²) in [6.45, 7) is 3.07. The van der Waals surface area contributed by atoms with Crippen molar-refractivity contribution in [3.8, 4) is 0 Å². The minimum absolute atomic E-state index is 0. The number of rotatable bonds is 6. The molecule has 5 rings (SSSR count). The summed E-state index contributed by atoms with van der Waals surface area (Å²) in [4.78, 5) is 20.5. The van der Waals surface area contributed by atoms with Crippen LogP contribution in [0.2, 0.25) is 0 Å². The van der Waals surface area contributed by atoms with Gasteiger partial charge in [0.05, 0.1) is 21.8 Å². The predicted molar refractivity (Wildman–Crippen MR) is 131 cm³/mol. The molecular weight excluding hydrogens is 451 g/mol. The lowest BCUT2D eigenvalue weighted by Crippen LogP contribution is -2.37. The van der Waals surface area contributed by atoms with Gasteiger partial charge in [0.1, 0.15) is 5.65 Å². The highest BCUT2D eigenvalue weighted by Gasteiger charge is 2.26. The SMILES string of the molecule is Cl.Cl.O=C(N[C@@H]1CCN(CCCc2ccccc2)C1)C1=Cc2cnc3cccc(n23)S1.